The maximum Gasteiger partial charge on any atom is 0.224 e. The minimum absolute atomic E-state index is 0. The number of rotatable bonds is 9. The lowest BCUT2D eigenvalue weighted by Crippen LogP contribution is -2.42. The number of hydrogen-bond acceptors (Lipinski definition) is 3. The number of thiophene rings is 1. The van der Waals surface area contributed by atoms with Gasteiger partial charge >= 0.3 is 0 Å². The van der Waals surface area contributed by atoms with E-state index in [0.717, 1.165) is 12.5 Å². The summed E-state index contributed by atoms with van der Waals surface area (Å²) in [6.07, 6.45) is 0.171. The molecule has 0 fully saturated rings. The second-order valence-corrected chi connectivity index (χ2v) is 7.04. The lowest BCUT2D eigenvalue weighted by molar-refractivity contribution is -0.120. The van der Waals surface area contributed by atoms with Crippen LogP contribution in [-0.4, -0.2) is 38.0 Å². The third-order valence-electron chi connectivity index (χ3n) is 3.97. The molecule has 0 aliphatic heterocycles. The maximum atomic E-state index is 13.1. The number of amides is 1. The van der Waals surface area contributed by atoms with Crippen LogP contribution in [0.3, 0.4) is 0 Å². The highest BCUT2D eigenvalue weighted by Crippen LogP contribution is 2.18. The van der Waals surface area contributed by atoms with Gasteiger partial charge in [0.1, 0.15) is 5.82 Å². The molecule has 0 aliphatic carbocycles. The second-order valence-electron chi connectivity index (χ2n) is 6.26. The molecular weight excluding hydrogens is 490 g/mol. The van der Waals surface area contributed by atoms with Gasteiger partial charge in [-0.15, -0.1) is 24.0 Å². The van der Waals surface area contributed by atoms with Crippen molar-refractivity contribution >= 4 is 47.2 Å². The molecule has 0 saturated heterocycles. The lowest BCUT2D eigenvalue weighted by atomic mass is 10.1. The molecule has 5 nitrogen and oxygen atoms in total. The van der Waals surface area contributed by atoms with Gasteiger partial charge in [-0.05, 0) is 47.0 Å². The normalized spacial score (nSPS) is 12.0. The van der Waals surface area contributed by atoms with Gasteiger partial charge in [0, 0.05) is 32.1 Å². The predicted molar refractivity (Wildman–Crippen MR) is 125 cm³/mol. The van der Waals surface area contributed by atoms with Gasteiger partial charge in [-0.2, -0.15) is 11.3 Å². The molecule has 28 heavy (non-hydrogen) atoms. The summed E-state index contributed by atoms with van der Waals surface area (Å²) in [5, 5.41) is 13.5. The summed E-state index contributed by atoms with van der Waals surface area (Å²) in [7, 11) is 0. The molecule has 1 aromatic carbocycles. The molecule has 0 aliphatic rings. The zero-order chi connectivity index (χ0) is 19.5. The molecule has 1 unspecified atom stereocenters. The van der Waals surface area contributed by atoms with E-state index >= 15 is 0 Å². The smallest absolute Gasteiger partial charge is 0.224 e. The number of nitrogens with zero attached hydrogens (tertiary/aromatic N) is 1. The molecule has 1 aromatic heterocycles. The summed E-state index contributed by atoms with van der Waals surface area (Å²) in [5.41, 5.74) is 1.96. The van der Waals surface area contributed by atoms with E-state index in [1.807, 2.05) is 6.92 Å². The standard InChI is InChI=1S/C20H27FN4OS.HI/c1-3-22-20(25-13-15(2)17-7-10-27-14-17)24-9-8-23-19(26)12-16-5-4-6-18(21)11-16;/h4-7,10-11,14-15H,3,8-9,12-13H2,1-2H3,(H,23,26)(H2,22,24,25);1H. The van der Waals surface area contributed by atoms with Crippen LogP contribution in [0.2, 0.25) is 0 Å². The van der Waals surface area contributed by atoms with Gasteiger partial charge in [0.25, 0.3) is 0 Å². The Bertz CT molecular complexity index is 740. The van der Waals surface area contributed by atoms with Crippen LogP contribution in [0.4, 0.5) is 4.39 Å². The van der Waals surface area contributed by atoms with Crippen molar-refractivity contribution in [1.82, 2.24) is 16.0 Å². The van der Waals surface area contributed by atoms with Crippen molar-refractivity contribution in [3.63, 3.8) is 0 Å². The van der Waals surface area contributed by atoms with Crippen molar-refractivity contribution in [2.24, 2.45) is 4.99 Å². The third-order valence-corrected chi connectivity index (χ3v) is 4.67. The van der Waals surface area contributed by atoms with Crippen molar-refractivity contribution < 1.29 is 9.18 Å². The Morgan fingerprint density at radius 3 is 2.68 bits per heavy atom. The van der Waals surface area contributed by atoms with Crippen LogP contribution in [0.1, 0.15) is 30.9 Å². The monoisotopic (exact) mass is 518 g/mol. The van der Waals surface area contributed by atoms with E-state index in [1.54, 1.807) is 23.5 Å². The highest BCUT2D eigenvalue weighted by Gasteiger charge is 2.07. The summed E-state index contributed by atoms with van der Waals surface area (Å²) in [4.78, 5) is 16.5. The fourth-order valence-corrected chi connectivity index (χ4v) is 3.29. The molecule has 2 aromatic rings. The van der Waals surface area contributed by atoms with E-state index in [2.05, 4.69) is 44.7 Å². The van der Waals surface area contributed by atoms with Crippen LogP contribution in [-0.2, 0) is 11.2 Å². The molecule has 3 N–H and O–H groups in total. The van der Waals surface area contributed by atoms with E-state index in [-0.39, 0.29) is 42.1 Å². The lowest BCUT2D eigenvalue weighted by Gasteiger charge is -2.13. The second kappa shape index (κ2) is 13.5. The molecule has 8 heteroatoms. The third kappa shape index (κ3) is 9.01. The van der Waals surface area contributed by atoms with E-state index in [4.69, 9.17) is 0 Å². The molecule has 1 amide bonds. The largest absolute Gasteiger partial charge is 0.357 e. The van der Waals surface area contributed by atoms with Gasteiger partial charge < -0.3 is 16.0 Å². The quantitative estimate of drug-likeness (QED) is 0.206. The number of halogens is 2. The van der Waals surface area contributed by atoms with Crippen molar-refractivity contribution in [3.05, 3.63) is 58.0 Å². The summed E-state index contributed by atoms with van der Waals surface area (Å²) in [5.74, 6) is 0.636. The topological polar surface area (TPSA) is 65.5 Å². The average molecular weight is 518 g/mol. The Hall–Kier alpha value is -1.68. The Morgan fingerprint density at radius 1 is 1.21 bits per heavy atom. The van der Waals surface area contributed by atoms with Crippen molar-refractivity contribution in [3.8, 4) is 0 Å². The Balaban J connectivity index is 0.00000392. The van der Waals surface area contributed by atoms with Crippen LogP contribution in [0.25, 0.3) is 0 Å². The summed E-state index contributed by atoms with van der Waals surface area (Å²) in [6, 6.07) is 8.22. The first-order valence-electron chi connectivity index (χ1n) is 9.14. The molecule has 154 valence electrons. The Labute approximate surface area is 187 Å². The summed E-state index contributed by atoms with van der Waals surface area (Å²) < 4.78 is 13.1. The number of aliphatic imine (C=N–C) groups is 1. The first-order chi connectivity index (χ1) is 13.1. The molecule has 0 saturated carbocycles. The highest BCUT2D eigenvalue weighted by atomic mass is 127. The molecule has 1 atom stereocenters. The first-order valence-corrected chi connectivity index (χ1v) is 10.1. The maximum absolute atomic E-state index is 13.1. The van der Waals surface area contributed by atoms with Crippen molar-refractivity contribution in [1.29, 1.82) is 0 Å². The summed E-state index contributed by atoms with van der Waals surface area (Å²) in [6.45, 7) is 6.66. The van der Waals surface area contributed by atoms with E-state index in [9.17, 15) is 9.18 Å². The molecule has 0 spiro atoms. The van der Waals surface area contributed by atoms with Crippen molar-refractivity contribution in [2.75, 3.05) is 26.2 Å². The molecule has 1 heterocycles. The zero-order valence-corrected chi connectivity index (χ0v) is 19.4. The van der Waals surface area contributed by atoms with Gasteiger partial charge in [0.2, 0.25) is 5.91 Å². The first kappa shape index (κ1) is 24.4. The molecule has 0 radical (unpaired) electrons. The van der Waals surface area contributed by atoms with Gasteiger partial charge in [-0.1, -0.05) is 19.1 Å². The summed E-state index contributed by atoms with van der Waals surface area (Å²) >= 11 is 1.69. The van der Waals surface area contributed by atoms with Gasteiger partial charge in [-0.25, -0.2) is 4.39 Å². The predicted octanol–water partition coefficient (Wildman–Crippen LogP) is 3.52. The molecular formula is C20H28FIN4OS. The van der Waals surface area contributed by atoms with E-state index < -0.39 is 0 Å². The zero-order valence-electron chi connectivity index (χ0n) is 16.2. The van der Waals surface area contributed by atoms with Crippen LogP contribution in [0.15, 0.2) is 46.1 Å². The fourth-order valence-electron chi connectivity index (χ4n) is 2.51. The van der Waals surface area contributed by atoms with Crippen LogP contribution in [0.5, 0.6) is 0 Å². The van der Waals surface area contributed by atoms with E-state index in [1.165, 1.54) is 17.7 Å². The van der Waals surface area contributed by atoms with Gasteiger partial charge in [0.15, 0.2) is 5.96 Å². The number of nitrogens with one attached hydrogen (secondary N) is 3. The fraction of sp³-hybridized carbons (Fsp3) is 0.400. The number of carbonyl (C=O) groups excluding carboxylic acids is 1. The van der Waals surface area contributed by atoms with Crippen LogP contribution < -0.4 is 16.0 Å². The molecule has 0 bridgehead atoms. The number of benzene rings is 1. The van der Waals surface area contributed by atoms with E-state index in [0.29, 0.717) is 31.1 Å². The van der Waals surface area contributed by atoms with Gasteiger partial charge in [-0.3, -0.25) is 9.79 Å². The minimum Gasteiger partial charge on any atom is -0.357 e. The Kier molecular flexibility index (Phi) is 11.7. The highest BCUT2D eigenvalue weighted by molar-refractivity contribution is 14.0. The SMILES string of the molecule is CCNC(=NCC(C)c1ccsc1)NCCNC(=O)Cc1cccc(F)c1.I. The molecule has 2 rings (SSSR count). The van der Waals surface area contributed by atoms with Crippen LogP contribution in [0, 0.1) is 5.82 Å². The van der Waals surface area contributed by atoms with Crippen molar-refractivity contribution in [2.45, 2.75) is 26.2 Å². The average Bonchev–Trinajstić information content (AvgIpc) is 3.17. The number of hydrogen-bond donors (Lipinski definition) is 3. The number of guanidine groups is 1. The van der Waals surface area contributed by atoms with Crippen LogP contribution >= 0.6 is 35.3 Å². The minimum atomic E-state index is -0.329. The number of carbonyl (C=O) groups is 1. The Morgan fingerprint density at radius 2 is 2.00 bits per heavy atom. The van der Waals surface area contributed by atoms with Gasteiger partial charge in [0.05, 0.1) is 6.42 Å².